The van der Waals surface area contributed by atoms with E-state index in [0.29, 0.717) is 19.1 Å². The van der Waals surface area contributed by atoms with Crippen molar-refractivity contribution in [2.24, 2.45) is 0 Å². The van der Waals surface area contributed by atoms with E-state index in [0.717, 1.165) is 52.2 Å². The maximum atomic E-state index is 11.8. The van der Waals surface area contributed by atoms with E-state index in [4.69, 9.17) is 9.47 Å². The van der Waals surface area contributed by atoms with E-state index in [-0.39, 0.29) is 5.91 Å². The fourth-order valence-electron chi connectivity index (χ4n) is 2.23. The number of ether oxygens (including phenoxy) is 2. The van der Waals surface area contributed by atoms with Crippen molar-refractivity contribution in [3.63, 3.8) is 0 Å². The van der Waals surface area contributed by atoms with Crippen molar-refractivity contribution >= 4 is 5.91 Å². The number of hydrogen-bond acceptors (Lipinski definition) is 4. The summed E-state index contributed by atoms with van der Waals surface area (Å²) in [5.74, 6) is 0.221. The molecule has 0 atom stereocenters. The molecule has 5 heteroatoms. The molecule has 2 heterocycles. The van der Waals surface area contributed by atoms with Crippen LogP contribution < -0.4 is 5.32 Å². The predicted octanol–water partition coefficient (Wildman–Crippen LogP) is 0.00390. The van der Waals surface area contributed by atoms with Crippen LogP contribution in [0.25, 0.3) is 0 Å². The molecule has 0 spiro atoms. The number of piperazine rings is 1. The first-order valence-corrected chi connectivity index (χ1v) is 6.54. The SMILES string of the molecule is O=C(CCOC1CCOCC1)N1CCNCC1. The van der Waals surface area contributed by atoms with Crippen molar-refractivity contribution in [2.45, 2.75) is 25.4 Å². The minimum Gasteiger partial charge on any atom is -0.381 e. The van der Waals surface area contributed by atoms with Crippen molar-refractivity contribution < 1.29 is 14.3 Å². The molecule has 5 nitrogen and oxygen atoms in total. The van der Waals surface area contributed by atoms with Crippen LogP contribution in [0.4, 0.5) is 0 Å². The molecule has 1 N–H and O–H groups in total. The molecule has 0 aromatic rings. The Balaban J connectivity index is 1.58. The first-order chi connectivity index (χ1) is 8.36. The Morgan fingerprint density at radius 1 is 1.29 bits per heavy atom. The lowest BCUT2D eigenvalue weighted by Gasteiger charge is -2.28. The summed E-state index contributed by atoms with van der Waals surface area (Å²) in [5.41, 5.74) is 0. The maximum Gasteiger partial charge on any atom is 0.224 e. The number of carbonyl (C=O) groups excluding carboxylic acids is 1. The Morgan fingerprint density at radius 2 is 2.00 bits per heavy atom. The van der Waals surface area contributed by atoms with E-state index < -0.39 is 0 Å². The first-order valence-electron chi connectivity index (χ1n) is 6.54. The molecule has 2 aliphatic heterocycles. The van der Waals surface area contributed by atoms with Crippen LogP contribution in [0.5, 0.6) is 0 Å². The van der Waals surface area contributed by atoms with Crippen LogP contribution in [0.1, 0.15) is 19.3 Å². The number of nitrogens with zero attached hydrogens (tertiary/aromatic N) is 1. The molecule has 0 aromatic carbocycles. The highest BCUT2D eigenvalue weighted by molar-refractivity contribution is 5.76. The number of rotatable bonds is 4. The molecular weight excluding hydrogens is 220 g/mol. The third-order valence-corrected chi connectivity index (χ3v) is 3.31. The van der Waals surface area contributed by atoms with Gasteiger partial charge in [-0.25, -0.2) is 0 Å². The summed E-state index contributed by atoms with van der Waals surface area (Å²) in [4.78, 5) is 13.8. The topological polar surface area (TPSA) is 50.8 Å². The van der Waals surface area contributed by atoms with E-state index in [1.807, 2.05) is 4.90 Å². The molecule has 2 saturated heterocycles. The summed E-state index contributed by atoms with van der Waals surface area (Å²) in [6.07, 6.45) is 2.72. The molecule has 0 saturated carbocycles. The van der Waals surface area contributed by atoms with Gasteiger partial charge in [-0.1, -0.05) is 0 Å². The second-order valence-electron chi connectivity index (χ2n) is 4.56. The lowest BCUT2D eigenvalue weighted by molar-refractivity contribution is -0.133. The molecule has 98 valence electrons. The second kappa shape index (κ2) is 6.93. The minimum atomic E-state index is 0.221. The fraction of sp³-hybridized carbons (Fsp3) is 0.917. The van der Waals surface area contributed by atoms with Gasteiger partial charge in [-0.3, -0.25) is 4.79 Å². The molecule has 2 aliphatic rings. The van der Waals surface area contributed by atoms with Crippen molar-refractivity contribution in [3.8, 4) is 0 Å². The predicted molar refractivity (Wildman–Crippen MR) is 63.9 cm³/mol. The van der Waals surface area contributed by atoms with E-state index >= 15 is 0 Å². The Bertz CT molecular complexity index is 236. The van der Waals surface area contributed by atoms with Gasteiger partial charge in [-0.2, -0.15) is 0 Å². The zero-order valence-corrected chi connectivity index (χ0v) is 10.3. The summed E-state index contributed by atoms with van der Waals surface area (Å²) >= 11 is 0. The monoisotopic (exact) mass is 242 g/mol. The zero-order chi connectivity index (χ0) is 11.9. The van der Waals surface area contributed by atoms with Crippen LogP contribution in [0.15, 0.2) is 0 Å². The molecule has 0 aliphatic carbocycles. The fourth-order valence-corrected chi connectivity index (χ4v) is 2.23. The highest BCUT2D eigenvalue weighted by Crippen LogP contribution is 2.11. The minimum absolute atomic E-state index is 0.221. The Kier molecular flexibility index (Phi) is 5.22. The van der Waals surface area contributed by atoms with E-state index in [2.05, 4.69) is 5.32 Å². The quantitative estimate of drug-likeness (QED) is 0.754. The van der Waals surface area contributed by atoms with E-state index in [1.165, 1.54) is 0 Å². The Morgan fingerprint density at radius 3 is 2.71 bits per heavy atom. The maximum absolute atomic E-state index is 11.8. The van der Waals surface area contributed by atoms with Crippen molar-refractivity contribution in [1.29, 1.82) is 0 Å². The Hall–Kier alpha value is -0.650. The largest absolute Gasteiger partial charge is 0.381 e. The highest BCUT2D eigenvalue weighted by atomic mass is 16.5. The standard InChI is InChI=1S/C12H22N2O3/c15-12(14-6-4-13-5-7-14)3-10-17-11-1-8-16-9-2-11/h11,13H,1-10H2. The number of amides is 1. The second-order valence-corrected chi connectivity index (χ2v) is 4.56. The molecule has 2 fully saturated rings. The van der Waals surface area contributed by atoms with Crippen molar-refractivity contribution in [1.82, 2.24) is 10.2 Å². The summed E-state index contributed by atoms with van der Waals surface area (Å²) in [6, 6.07) is 0. The average molecular weight is 242 g/mol. The smallest absolute Gasteiger partial charge is 0.224 e. The normalized spacial score (nSPS) is 22.7. The third kappa shape index (κ3) is 4.26. The molecular formula is C12H22N2O3. The summed E-state index contributed by atoms with van der Waals surface area (Å²) < 4.78 is 11.0. The van der Waals surface area contributed by atoms with Gasteiger partial charge in [0.1, 0.15) is 0 Å². The van der Waals surface area contributed by atoms with Gasteiger partial charge in [0.15, 0.2) is 0 Å². The van der Waals surface area contributed by atoms with Gasteiger partial charge in [0.25, 0.3) is 0 Å². The van der Waals surface area contributed by atoms with Crippen LogP contribution in [0.3, 0.4) is 0 Å². The summed E-state index contributed by atoms with van der Waals surface area (Å²) in [7, 11) is 0. The van der Waals surface area contributed by atoms with Gasteiger partial charge in [0.2, 0.25) is 5.91 Å². The van der Waals surface area contributed by atoms with Gasteiger partial charge < -0.3 is 19.7 Å². The molecule has 0 unspecified atom stereocenters. The van der Waals surface area contributed by atoms with E-state index in [9.17, 15) is 4.79 Å². The number of nitrogens with one attached hydrogen (secondary N) is 1. The van der Waals surface area contributed by atoms with Crippen LogP contribution in [0.2, 0.25) is 0 Å². The lowest BCUT2D eigenvalue weighted by atomic mass is 10.1. The van der Waals surface area contributed by atoms with Crippen LogP contribution in [-0.2, 0) is 14.3 Å². The van der Waals surface area contributed by atoms with Crippen LogP contribution >= 0.6 is 0 Å². The highest BCUT2D eigenvalue weighted by Gasteiger charge is 2.18. The summed E-state index contributed by atoms with van der Waals surface area (Å²) in [6.45, 7) is 5.60. The first kappa shape index (κ1) is 12.8. The molecule has 1 amide bonds. The van der Waals surface area contributed by atoms with Gasteiger partial charge in [0.05, 0.1) is 19.1 Å². The van der Waals surface area contributed by atoms with Gasteiger partial charge in [-0.05, 0) is 12.8 Å². The van der Waals surface area contributed by atoms with Crippen LogP contribution in [-0.4, -0.2) is 62.9 Å². The lowest BCUT2D eigenvalue weighted by Crippen LogP contribution is -2.46. The van der Waals surface area contributed by atoms with Crippen molar-refractivity contribution in [3.05, 3.63) is 0 Å². The third-order valence-electron chi connectivity index (χ3n) is 3.31. The molecule has 17 heavy (non-hydrogen) atoms. The Labute approximate surface area is 102 Å². The van der Waals surface area contributed by atoms with Gasteiger partial charge in [0, 0.05) is 39.4 Å². The summed E-state index contributed by atoms with van der Waals surface area (Å²) in [5, 5.41) is 3.24. The molecule has 0 radical (unpaired) electrons. The molecule has 2 rings (SSSR count). The zero-order valence-electron chi connectivity index (χ0n) is 10.3. The molecule has 0 aromatic heterocycles. The van der Waals surface area contributed by atoms with Gasteiger partial charge >= 0.3 is 0 Å². The van der Waals surface area contributed by atoms with Crippen molar-refractivity contribution in [2.75, 3.05) is 46.0 Å². The average Bonchev–Trinajstić information content (AvgIpc) is 2.41. The molecule has 0 bridgehead atoms. The number of hydrogen-bond donors (Lipinski definition) is 1. The van der Waals surface area contributed by atoms with E-state index in [1.54, 1.807) is 0 Å². The number of carbonyl (C=O) groups is 1. The van der Waals surface area contributed by atoms with Gasteiger partial charge in [-0.15, -0.1) is 0 Å². The van der Waals surface area contributed by atoms with Crippen LogP contribution in [0, 0.1) is 0 Å².